The Morgan fingerprint density at radius 1 is 1.43 bits per heavy atom. The molecule has 0 bridgehead atoms. The van der Waals surface area contributed by atoms with Crippen LogP contribution < -0.4 is 0 Å². The number of methoxy groups -OCH3 is 1. The fraction of sp³-hybridized carbons (Fsp3) is 0.429. The molecule has 0 aliphatic rings. The van der Waals surface area contributed by atoms with Crippen molar-refractivity contribution in [3.05, 3.63) is 39.9 Å². The van der Waals surface area contributed by atoms with Gasteiger partial charge in [0, 0.05) is 25.7 Å². The highest BCUT2D eigenvalue weighted by Crippen LogP contribution is 2.21. The Morgan fingerprint density at radius 3 is 2.81 bits per heavy atom. The van der Waals surface area contributed by atoms with Gasteiger partial charge < -0.3 is 9.64 Å². The smallest absolute Gasteiger partial charge is 0.274 e. The van der Waals surface area contributed by atoms with Crippen LogP contribution in [0.5, 0.6) is 0 Å². The Balaban J connectivity index is 2.03. The molecule has 0 spiro atoms. The summed E-state index contributed by atoms with van der Waals surface area (Å²) in [7, 11) is 3.38. The van der Waals surface area contributed by atoms with E-state index in [1.165, 1.54) is 17.5 Å². The number of aryl methyl sites for hydroxylation is 1. The molecule has 0 aromatic carbocycles. The van der Waals surface area contributed by atoms with Crippen LogP contribution in [0.3, 0.4) is 0 Å². The van der Waals surface area contributed by atoms with Crippen LogP contribution in [0, 0.1) is 6.92 Å². The molecular weight excluding hydrogens is 288 g/mol. The lowest BCUT2D eigenvalue weighted by molar-refractivity contribution is 0.0777. The summed E-state index contributed by atoms with van der Waals surface area (Å²) in [4.78, 5) is 26.5. The zero-order valence-corrected chi connectivity index (χ0v) is 13.3. The van der Waals surface area contributed by atoms with E-state index >= 15 is 0 Å². The fourth-order valence-electron chi connectivity index (χ4n) is 1.70. The molecule has 2 aromatic heterocycles. The van der Waals surface area contributed by atoms with Gasteiger partial charge in [0.25, 0.3) is 5.91 Å². The third kappa shape index (κ3) is 3.83. The topological polar surface area (TPSA) is 68.2 Å². The minimum Gasteiger partial charge on any atom is -0.375 e. The third-order valence-corrected chi connectivity index (χ3v) is 4.07. The summed E-state index contributed by atoms with van der Waals surface area (Å²) >= 11 is 1.53. The van der Waals surface area contributed by atoms with Gasteiger partial charge in [-0.25, -0.2) is 9.97 Å². The van der Waals surface area contributed by atoms with Crippen LogP contribution in [-0.4, -0.2) is 39.9 Å². The van der Waals surface area contributed by atoms with E-state index in [1.807, 2.05) is 19.2 Å². The van der Waals surface area contributed by atoms with Crippen molar-refractivity contribution in [2.75, 3.05) is 14.2 Å². The molecule has 7 heteroatoms. The Hall–Kier alpha value is -1.86. The largest absolute Gasteiger partial charge is 0.375 e. The highest BCUT2D eigenvalue weighted by molar-refractivity contribution is 7.09. The lowest BCUT2D eigenvalue weighted by Gasteiger charge is -2.15. The van der Waals surface area contributed by atoms with Crippen molar-refractivity contribution in [2.45, 2.75) is 26.5 Å². The van der Waals surface area contributed by atoms with Crippen LogP contribution in [0.1, 0.15) is 39.9 Å². The molecular formula is C14H18N4O2S. The van der Waals surface area contributed by atoms with Crippen LogP contribution in [0.15, 0.2) is 17.8 Å². The molecule has 0 fully saturated rings. The molecule has 112 valence electrons. The summed E-state index contributed by atoms with van der Waals surface area (Å²) in [5.74, 6) is -0.170. The number of carbonyl (C=O) groups is 1. The first-order chi connectivity index (χ1) is 10.0. The minimum atomic E-state index is -0.170. The SMILES string of the molecule is CO[C@@H](C)c1nc(CN(C)C(=O)c2cnc(C)cn2)cs1. The predicted molar refractivity (Wildman–Crippen MR) is 80.1 cm³/mol. The number of ether oxygens (including phenoxy) is 1. The standard InChI is InChI=1S/C14H18N4O2S/c1-9-5-16-12(6-15-9)14(19)18(3)7-11-8-21-13(17-11)10(2)20-4/h5-6,8,10H,7H2,1-4H3/t10-/m0/s1. The van der Waals surface area contributed by atoms with Crippen LogP contribution in [0.2, 0.25) is 0 Å². The number of thiazole rings is 1. The lowest BCUT2D eigenvalue weighted by atomic mass is 10.3. The van der Waals surface area contributed by atoms with E-state index in [4.69, 9.17) is 4.74 Å². The van der Waals surface area contributed by atoms with Crippen LogP contribution in [0.25, 0.3) is 0 Å². The Labute approximate surface area is 127 Å². The van der Waals surface area contributed by atoms with Crippen molar-refractivity contribution in [1.29, 1.82) is 0 Å². The molecule has 0 saturated heterocycles. The van der Waals surface area contributed by atoms with Crippen LogP contribution >= 0.6 is 11.3 Å². The molecule has 0 aliphatic carbocycles. The second kappa shape index (κ2) is 6.73. The summed E-state index contributed by atoms with van der Waals surface area (Å²) in [5, 5.41) is 2.85. The Kier molecular flexibility index (Phi) is 4.98. The second-order valence-electron chi connectivity index (χ2n) is 4.76. The number of hydrogen-bond donors (Lipinski definition) is 0. The number of amides is 1. The zero-order chi connectivity index (χ0) is 15.4. The molecule has 0 N–H and O–H groups in total. The number of aromatic nitrogens is 3. The first-order valence-electron chi connectivity index (χ1n) is 6.52. The van der Waals surface area contributed by atoms with Crippen molar-refractivity contribution in [3.63, 3.8) is 0 Å². The first-order valence-corrected chi connectivity index (χ1v) is 7.40. The molecule has 1 amide bonds. The van der Waals surface area contributed by atoms with Gasteiger partial charge >= 0.3 is 0 Å². The lowest BCUT2D eigenvalue weighted by Crippen LogP contribution is -2.27. The normalized spacial score (nSPS) is 12.2. The Morgan fingerprint density at radius 2 is 2.19 bits per heavy atom. The average Bonchev–Trinajstić information content (AvgIpc) is 2.95. The molecule has 1 atom stereocenters. The highest BCUT2D eigenvalue weighted by Gasteiger charge is 2.16. The average molecular weight is 306 g/mol. The highest BCUT2D eigenvalue weighted by atomic mass is 32.1. The molecule has 2 heterocycles. The number of rotatable bonds is 5. The number of hydrogen-bond acceptors (Lipinski definition) is 6. The number of nitrogens with zero attached hydrogens (tertiary/aromatic N) is 4. The van der Waals surface area contributed by atoms with E-state index < -0.39 is 0 Å². The van der Waals surface area contributed by atoms with Crippen LogP contribution in [0.4, 0.5) is 0 Å². The number of carbonyl (C=O) groups excluding carboxylic acids is 1. The van der Waals surface area contributed by atoms with Crippen molar-refractivity contribution < 1.29 is 9.53 Å². The minimum absolute atomic E-state index is 0.0345. The van der Waals surface area contributed by atoms with Gasteiger partial charge in [-0.3, -0.25) is 9.78 Å². The van der Waals surface area contributed by atoms with Crippen molar-refractivity contribution >= 4 is 17.2 Å². The van der Waals surface area contributed by atoms with E-state index in [0.717, 1.165) is 16.4 Å². The fourth-order valence-corrected chi connectivity index (χ4v) is 2.54. The van der Waals surface area contributed by atoms with Gasteiger partial charge in [-0.2, -0.15) is 0 Å². The monoisotopic (exact) mass is 306 g/mol. The molecule has 0 unspecified atom stereocenters. The van der Waals surface area contributed by atoms with Gasteiger partial charge in [0.05, 0.1) is 24.1 Å². The molecule has 0 aliphatic heterocycles. The molecule has 2 rings (SSSR count). The van der Waals surface area contributed by atoms with E-state index in [1.54, 1.807) is 25.3 Å². The summed E-state index contributed by atoms with van der Waals surface area (Å²) in [6.45, 7) is 4.21. The summed E-state index contributed by atoms with van der Waals surface area (Å²) in [5.41, 5.74) is 1.96. The predicted octanol–water partition coefficient (Wildman–Crippen LogP) is 2.22. The van der Waals surface area contributed by atoms with E-state index in [9.17, 15) is 4.79 Å². The zero-order valence-electron chi connectivity index (χ0n) is 12.5. The summed E-state index contributed by atoms with van der Waals surface area (Å²) in [6, 6.07) is 0. The molecule has 0 saturated carbocycles. The first kappa shape index (κ1) is 15.5. The maximum atomic E-state index is 12.2. The van der Waals surface area contributed by atoms with E-state index in [2.05, 4.69) is 15.0 Å². The quantitative estimate of drug-likeness (QED) is 0.847. The van der Waals surface area contributed by atoms with Crippen LogP contribution in [-0.2, 0) is 11.3 Å². The maximum Gasteiger partial charge on any atom is 0.274 e. The van der Waals surface area contributed by atoms with Gasteiger partial charge in [0.1, 0.15) is 16.8 Å². The second-order valence-corrected chi connectivity index (χ2v) is 5.65. The Bertz CT molecular complexity index is 612. The van der Waals surface area contributed by atoms with Gasteiger partial charge in [0.15, 0.2) is 0 Å². The van der Waals surface area contributed by atoms with E-state index in [0.29, 0.717) is 12.2 Å². The van der Waals surface area contributed by atoms with E-state index in [-0.39, 0.29) is 12.0 Å². The van der Waals surface area contributed by atoms with Gasteiger partial charge in [-0.15, -0.1) is 11.3 Å². The molecule has 0 radical (unpaired) electrons. The summed E-state index contributed by atoms with van der Waals surface area (Å²) in [6.07, 6.45) is 3.04. The summed E-state index contributed by atoms with van der Waals surface area (Å²) < 4.78 is 5.23. The molecule has 6 nitrogen and oxygen atoms in total. The molecule has 21 heavy (non-hydrogen) atoms. The van der Waals surface area contributed by atoms with Crippen molar-refractivity contribution in [1.82, 2.24) is 19.9 Å². The maximum absolute atomic E-state index is 12.2. The van der Waals surface area contributed by atoms with Gasteiger partial charge in [0.2, 0.25) is 0 Å². The third-order valence-electron chi connectivity index (χ3n) is 3.02. The van der Waals surface area contributed by atoms with Crippen molar-refractivity contribution in [2.24, 2.45) is 0 Å². The van der Waals surface area contributed by atoms with Crippen molar-refractivity contribution in [3.8, 4) is 0 Å². The molecule has 2 aromatic rings. The van der Waals surface area contributed by atoms with Gasteiger partial charge in [-0.1, -0.05) is 0 Å². The van der Waals surface area contributed by atoms with Gasteiger partial charge in [-0.05, 0) is 13.8 Å².